The molecular weight excluding hydrogens is 226 g/mol. The van der Waals surface area contributed by atoms with E-state index in [2.05, 4.69) is 11.2 Å². The van der Waals surface area contributed by atoms with Crippen LogP contribution in [0.3, 0.4) is 0 Å². The Morgan fingerprint density at radius 3 is 2.76 bits per heavy atom. The summed E-state index contributed by atoms with van der Waals surface area (Å²) in [6.07, 6.45) is 5.79. The Kier molecular flexibility index (Phi) is 8.51. The van der Waals surface area contributed by atoms with Crippen LogP contribution in [0.25, 0.3) is 0 Å². The van der Waals surface area contributed by atoms with E-state index in [4.69, 9.17) is 21.0 Å². The van der Waals surface area contributed by atoms with E-state index >= 15 is 0 Å². The van der Waals surface area contributed by atoms with Gasteiger partial charge in [-0.3, -0.25) is 0 Å². The monoisotopic (exact) mass is 243 g/mol. The minimum Gasteiger partial charge on any atom is -0.480 e. The van der Waals surface area contributed by atoms with Gasteiger partial charge in [-0.1, -0.05) is 19.3 Å². The first-order valence-electron chi connectivity index (χ1n) is 5.29. The maximum absolute atomic E-state index is 11.2. The highest BCUT2D eigenvalue weighted by Crippen LogP contribution is 1.92. The third-order valence-corrected chi connectivity index (χ3v) is 1.79. The predicted molar refractivity (Wildman–Crippen MR) is 60.5 cm³/mol. The van der Waals surface area contributed by atoms with Gasteiger partial charge in [0.2, 0.25) is 0 Å². The predicted octanol–water partition coefficient (Wildman–Crippen LogP) is 0.616. The fraction of sp³-hybridized carbons (Fsp3) is 0.636. The summed E-state index contributed by atoms with van der Waals surface area (Å²) in [4.78, 5) is 21.9. The second kappa shape index (κ2) is 9.48. The Morgan fingerprint density at radius 1 is 1.53 bits per heavy atom. The molecule has 6 nitrogen and oxygen atoms in total. The van der Waals surface area contributed by atoms with Crippen LogP contribution in [-0.4, -0.2) is 43.0 Å². The van der Waals surface area contributed by atoms with Crippen molar-refractivity contribution in [3.05, 3.63) is 0 Å². The normalized spacial score (nSPS) is 11.3. The topological polar surface area (TPSA) is 84.9 Å². The minimum absolute atomic E-state index is 0.00363. The average Bonchev–Trinajstić information content (AvgIpc) is 2.28. The van der Waals surface area contributed by atoms with Crippen molar-refractivity contribution in [2.45, 2.75) is 25.8 Å². The number of carbonyl (C=O) groups excluding carboxylic acids is 1. The van der Waals surface area contributed by atoms with E-state index in [-0.39, 0.29) is 19.8 Å². The van der Waals surface area contributed by atoms with Gasteiger partial charge in [0.25, 0.3) is 0 Å². The van der Waals surface area contributed by atoms with Crippen LogP contribution in [0.5, 0.6) is 0 Å². The third-order valence-electron chi connectivity index (χ3n) is 1.79. The standard InChI is InChI=1S/C11H17NO5/c1-3-5-7-17-11(15)12-9(10(13)14)8-16-6-4-2/h2,9H,3,5-8H2,1H3,(H,12,15)(H,13,14)/t9-/m0/s1. The van der Waals surface area contributed by atoms with Crippen molar-refractivity contribution in [2.75, 3.05) is 19.8 Å². The van der Waals surface area contributed by atoms with E-state index in [1.54, 1.807) is 0 Å². The van der Waals surface area contributed by atoms with Gasteiger partial charge in [0.05, 0.1) is 13.2 Å². The molecule has 0 aromatic rings. The summed E-state index contributed by atoms with van der Waals surface area (Å²) in [6.45, 7) is 2.02. The van der Waals surface area contributed by atoms with Crippen LogP contribution >= 0.6 is 0 Å². The molecule has 0 aromatic carbocycles. The first-order chi connectivity index (χ1) is 8.11. The number of ether oxygens (including phenoxy) is 2. The first kappa shape index (κ1) is 15.3. The SMILES string of the molecule is C#CCOC[C@H](NC(=O)OCCCC)C(=O)O. The first-order valence-corrected chi connectivity index (χ1v) is 5.29. The lowest BCUT2D eigenvalue weighted by molar-refractivity contribution is -0.140. The highest BCUT2D eigenvalue weighted by molar-refractivity contribution is 5.79. The Labute approximate surface area is 100 Å². The second-order valence-electron chi connectivity index (χ2n) is 3.24. The van der Waals surface area contributed by atoms with Gasteiger partial charge in [-0.15, -0.1) is 6.42 Å². The molecular formula is C11H17NO5. The van der Waals surface area contributed by atoms with Crippen molar-refractivity contribution in [3.8, 4) is 12.3 Å². The van der Waals surface area contributed by atoms with Crippen molar-refractivity contribution in [2.24, 2.45) is 0 Å². The fourth-order valence-corrected chi connectivity index (χ4v) is 0.904. The van der Waals surface area contributed by atoms with E-state index < -0.39 is 18.1 Å². The fourth-order valence-electron chi connectivity index (χ4n) is 0.904. The van der Waals surface area contributed by atoms with Crippen molar-refractivity contribution in [3.63, 3.8) is 0 Å². The molecule has 0 saturated carbocycles. The quantitative estimate of drug-likeness (QED) is 0.482. The molecule has 0 saturated heterocycles. The van der Waals surface area contributed by atoms with Gasteiger partial charge in [-0.05, 0) is 6.42 Å². The molecule has 0 aliphatic heterocycles. The molecule has 0 heterocycles. The number of carboxylic acids is 1. The largest absolute Gasteiger partial charge is 0.480 e. The van der Waals surface area contributed by atoms with E-state index in [9.17, 15) is 9.59 Å². The number of carbonyl (C=O) groups is 2. The summed E-state index contributed by atoms with van der Waals surface area (Å²) in [5.74, 6) is 0.999. The van der Waals surface area contributed by atoms with Crippen LogP contribution in [0.15, 0.2) is 0 Å². The van der Waals surface area contributed by atoms with Crippen molar-refractivity contribution < 1.29 is 24.2 Å². The molecule has 1 atom stereocenters. The van der Waals surface area contributed by atoms with Gasteiger partial charge >= 0.3 is 12.1 Å². The number of terminal acetylenes is 1. The number of alkyl carbamates (subject to hydrolysis) is 1. The van der Waals surface area contributed by atoms with Gasteiger partial charge in [-0.25, -0.2) is 9.59 Å². The summed E-state index contributed by atoms with van der Waals surface area (Å²) >= 11 is 0. The van der Waals surface area contributed by atoms with E-state index in [0.29, 0.717) is 0 Å². The van der Waals surface area contributed by atoms with Gasteiger partial charge in [0, 0.05) is 0 Å². The van der Waals surface area contributed by atoms with Gasteiger partial charge in [0.15, 0.2) is 6.04 Å². The lowest BCUT2D eigenvalue weighted by Crippen LogP contribution is -2.44. The van der Waals surface area contributed by atoms with Crippen LogP contribution in [0.4, 0.5) is 4.79 Å². The van der Waals surface area contributed by atoms with E-state index in [1.165, 1.54) is 0 Å². The average molecular weight is 243 g/mol. The summed E-state index contributed by atoms with van der Waals surface area (Å²) in [7, 11) is 0. The molecule has 0 aromatic heterocycles. The molecule has 1 amide bonds. The lowest BCUT2D eigenvalue weighted by Gasteiger charge is -2.13. The zero-order chi connectivity index (χ0) is 13.1. The molecule has 0 radical (unpaired) electrons. The minimum atomic E-state index is -1.20. The highest BCUT2D eigenvalue weighted by Gasteiger charge is 2.20. The summed E-state index contributed by atoms with van der Waals surface area (Å²) in [5.41, 5.74) is 0. The molecule has 0 fully saturated rings. The lowest BCUT2D eigenvalue weighted by atomic mass is 10.3. The van der Waals surface area contributed by atoms with Crippen molar-refractivity contribution in [1.82, 2.24) is 5.32 Å². The van der Waals surface area contributed by atoms with Crippen LogP contribution in [0.2, 0.25) is 0 Å². The Balaban J connectivity index is 3.94. The third kappa shape index (κ3) is 8.11. The number of aliphatic carboxylic acids is 1. The van der Waals surface area contributed by atoms with Crippen LogP contribution in [0.1, 0.15) is 19.8 Å². The van der Waals surface area contributed by atoms with E-state index in [1.807, 2.05) is 6.92 Å². The van der Waals surface area contributed by atoms with Crippen molar-refractivity contribution >= 4 is 12.1 Å². The Morgan fingerprint density at radius 2 is 2.24 bits per heavy atom. The number of unbranched alkanes of at least 4 members (excludes halogenated alkanes) is 1. The Hall–Kier alpha value is -1.74. The highest BCUT2D eigenvalue weighted by atomic mass is 16.5. The second-order valence-corrected chi connectivity index (χ2v) is 3.24. The number of hydrogen-bond donors (Lipinski definition) is 2. The smallest absolute Gasteiger partial charge is 0.407 e. The molecule has 0 spiro atoms. The Bertz CT molecular complexity index is 284. The van der Waals surface area contributed by atoms with E-state index in [0.717, 1.165) is 12.8 Å². The molecule has 0 aliphatic carbocycles. The molecule has 0 unspecified atom stereocenters. The number of nitrogens with one attached hydrogen (secondary N) is 1. The molecule has 6 heteroatoms. The van der Waals surface area contributed by atoms with Crippen LogP contribution in [-0.2, 0) is 14.3 Å². The maximum atomic E-state index is 11.2. The number of carboxylic acid groups (broad SMARTS) is 1. The van der Waals surface area contributed by atoms with Crippen molar-refractivity contribution in [1.29, 1.82) is 0 Å². The molecule has 96 valence electrons. The molecule has 2 N–H and O–H groups in total. The summed E-state index contributed by atoms with van der Waals surface area (Å²) in [6, 6.07) is -1.16. The number of rotatable bonds is 8. The zero-order valence-corrected chi connectivity index (χ0v) is 9.77. The molecule has 0 rings (SSSR count). The zero-order valence-electron chi connectivity index (χ0n) is 9.77. The van der Waals surface area contributed by atoms with Crippen LogP contribution in [0, 0.1) is 12.3 Å². The van der Waals surface area contributed by atoms with Crippen LogP contribution < -0.4 is 5.32 Å². The van der Waals surface area contributed by atoms with Gasteiger partial charge < -0.3 is 19.9 Å². The summed E-state index contributed by atoms with van der Waals surface area (Å²) < 4.78 is 9.61. The maximum Gasteiger partial charge on any atom is 0.407 e. The van der Waals surface area contributed by atoms with Gasteiger partial charge in [-0.2, -0.15) is 0 Å². The number of amides is 1. The molecule has 0 bridgehead atoms. The van der Waals surface area contributed by atoms with Gasteiger partial charge in [0.1, 0.15) is 6.61 Å². The number of hydrogen-bond acceptors (Lipinski definition) is 4. The summed E-state index contributed by atoms with van der Waals surface area (Å²) in [5, 5.41) is 11.0. The molecule has 17 heavy (non-hydrogen) atoms. The molecule has 0 aliphatic rings.